The number of nitro groups is 1. The van der Waals surface area contributed by atoms with Gasteiger partial charge < -0.3 is 5.32 Å². The molecule has 1 heterocycles. The van der Waals surface area contributed by atoms with E-state index >= 15 is 0 Å². The van der Waals surface area contributed by atoms with Gasteiger partial charge in [-0.05, 0) is 19.1 Å². The Morgan fingerprint density at radius 2 is 2.28 bits per heavy atom. The summed E-state index contributed by atoms with van der Waals surface area (Å²) in [6.45, 7) is 1.60. The number of nitrogens with zero attached hydrogens (tertiary/aromatic N) is 3. The number of carbonyl (C=O) groups is 1. The van der Waals surface area contributed by atoms with Crippen molar-refractivity contribution in [3.05, 3.63) is 46.0 Å². The fourth-order valence-electron chi connectivity index (χ4n) is 1.44. The molecule has 0 aliphatic heterocycles. The van der Waals surface area contributed by atoms with E-state index < -0.39 is 10.8 Å². The second-order valence-electron chi connectivity index (χ2n) is 3.55. The first-order valence-electron chi connectivity index (χ1n) is 4.99. The number of H-pyrrole nitrogens is 1. The van der Waals surface area contributed by atoms with E-state index in [2.05, 4.69) is 20.5 Å². The van der Waals surface area contributed by atoms with E-state index in [0.29, 0.717) is 11.3 Å². The molecule has 0 aliphatic carbocycles. The number of nitrogens with one attached hydrogen (secondary N) is 2. The molecule has 18 heavy (non-hydrogen) atoms. The smallest absolute Gasteiger partial charge is 0.292 e. The van der Waals surface area contributed by atoms with Gasteiger partial charge in [-0.25, -0.2) is 4.98 Å². The van der Waals surface area contributed by atoms with Crippen molar-refractivity contribution in [1.82, 2.24) is 15.2 Å². The van der Waals surface area contributed by atoms with Gasteiger partial charge in [-0.1, -0.05) is 0 Å². The van der Waals surface area contributed by atoms with E-state index in [1.807, 2.05) is 0 Å². The molecule has 0 saturated heterocycles. The van der Waals surface area contributed by atoms with Gasteiger partial charge in [0, 0.05) is 17.3 Å². The minimum Gasteiger partial charge on any atom is -0.319 e. The van der Waals surface area contributed by atoms with Crippen molar-refractivity contribution >= 4 is 17.3 Å². The zero-order chi connectivity index (χ0) is 13.1. The fourth-order valence-corrected chi connectivity index (χ4v) is 1.44. The Labute approximate surface area is 101 Å². The van der Waals surface area contributed by atoms with Crippen molar-refractivity contribution in [3.63, 3.8) is 0 Å². The number of benzene rings is 1. The van der Waals surface area contributed by atoms with Gasteiger partial charge in [0.25, 0.3) is 11.6 Å². The lowest BCUT2D eigenvalue weighted by Gasteiger charge is -2.04. The number of hydrogen-bond acceptors (Lipinski definition) is 5. The first-order valence-corrected chi connectivity index (χ1v) is 4.99. The van der Waals surface area contributed by atoms with Gasteiger partial charge in [0.1, 0.15) is 6.33 Å². The summed E-state index contributed by atoms with van der Waals surface area (Å²) >= 11 is 0. The van der Waals surface area contributed by atoms with Crippen molar-refractivity contribution in [1.29, 1.82) is 0 Å². The van der Waals surface area contributed by atoms with Crippen LogP contribution >= 0.6 is 0 Å². The second kappa shape index (κ2) is 4.62. The van der Waals surface area contributed by atoms with Crippen LogP contribution in [0.25, 0.3) is 0 Å². The van der Waals surface area contributed by atoms with Crippen LogP contribution in [0.3, 0.4) is 0 Å². The molecule has 0 unspecified atom stereocenters. The second-order valence-corrected chi connectivity index (χ2v) is 3.55. The van der Waals surface area contributed by atoms with Crippen LogP contribution in [0.4, 0.5) is 11.4 Å². The van der Waals surface area contributed by atoms with Crippen LogP contribution in [0.1, 0.15) is 16.2 Å². The number of nitro benzene ring substituents is 1. The monoisotopic (exact) mass is 247 g/mol. The summed E-state index contributed by atoms with van der Waals surface area (Å²) in [4.78, 5) is 25.5. The van der Waals surface area contributed by atoms with Crippen LogP contribution in [0.5, 0.6) is 0 Å². The van der Waals surface area contributed by atoms with Crippen molar-refractivity contribution in [3.8, 4) is 0 Å². The van der Waals surface area contributed by atoms with E-state index in [4.69, 9.17) is 0 Å². The summed E-state index contributed by atoms with van der Waals surface area (Å²) < 4.78 is 0. The number of aromatic nitrogens is 3. The molecule has 2 aromatic rings. The third kappa shape index (κ3) is 2.32. The average molecular weight is 247 g/mol. The highest BCUT2D eigenvalue weighted by Gasteiger charge is 2.13. The van der Waals surface area contributed by atoms with E-state index in [1.54, 1.807) is 6.92 Å². The highest BCUT2D eigenvalue weighted by molar-refractivity contribution is 6.01. The normalized spacial score (nSPS) is 10.1. The SMILES string of the molecule is Cc1cc(NC(=O)c2ncn[nH]2)ccc1[N+](=O)[O-]. The number of anilines is 1. The first kappa shape index (κ1) is 11.7. The summed E-state index contributed by atoms with van der Waals surface area (Å²) in [5.41, 5.74) is 0.933. The Kier molecular flexibility index (Phi) is 3.00. The average Bonchev–Trinajstić information content (AvgIpc) is 2.81. The van der Waals surface area contributed by atoms with E-state index in [0.717, 1.165) is 0 Å². The summed E-state index contributed by atoms with van der Waals surface area (Å²) in [5.74, 6) is -0.383. The molecule has 0 saturated carbocycles. The molecular formula is C10H9N5O3. The standard InChI is InChI=1S/C10H9N5O3/c1-6-4-7(2-3-8(6)15(17)18)13-10(16)9-11-5-12-14-9/h2-5H,1H3,(H,13,16)(H,11,12,14). The zero-order valence-electron chi connectivity index (χ0n) is 9.38. The summed E-state index contributed by atoms with van der Waals surface area (Å²) in [6, 6.07) is 4.32. The molecule has 2 rings (SSSR count). The van der Waals surface area contributed by atoms with Crippen LogP contribution in [0.2, 0.25) is 0 Å². The quantitative estimate of drug-likeness (QED) is 0.626. The molecule has 0 bridgehead atoms. The summed E-state index contributed by atoms with van der Waals surface area (Å²) in [7, 11) is 0. The zero-order valence-corrected chi connectivity index (χ0v) is 9.38. The maximum atomic E-state index is 11.6. The Morgan fingerprint density at radius 1 is 1.50 bits per heavy atom. The number of aromatic amines is 1. The van der Waals surface area contributed by atoms with Gasteiger partial charge >= 0.3 is 0 Å². The molecule has 0 atom stereocenters. The van der Waals surface area contributed by atoms with Crippen LogP contribution in [-0.4, -0.2) is 26.0 Å². The number of rotatable bonds is 3. The Hall–Kier alpha value is -2.77. The fraction of sp³-hybridized carbons (Fsp3) is 0.100. The predicted octanol–water partition coefficient (Wildman–Crippen LogP) is 1.27. The number of aryl methyl sites for hydroxylation is 1. The van der Waals surface area contributed by atoms with Gasteiger partial charge in [0.2, 0.25) is 5.82 Å². The largest absolute Gasteiger partial charge is 0.319 e. The lowest BCUT2D eigenvalue weighted by Crippen LogP contribution is -2.13. The molecule has 0 spiro atoms. The van der Waals surface area contributed by atoms with E-state index in [1.165, 1.54) is 24.5 Å². The lowest BCUT2D eigenvalue weighted by atomic mass is 10.2. The van der Waals surface area contributed by atoms with Gasteiger partial charge in [-0.2, -0.15) is 5.10 Å². The Bertz CT molecular complexity index is 594. The van der Waals surface area contributed by atoms with E-state index in [-0.39, 0.29) is 11.5 Å². The van der Waals surface area contributed by atoms with Gasteiger partial charge in [0.15, 0.2) is 0 Å². The molecule has 0 radical (unpaired) electrons. The Balaban J connectivity index is 2.18. The van der Waals surface area contributed by atoms with Gasteiger partial charge in [-0.3, -0.25) is 20.0 Å². The third-order valence-electron chi connectivity index (χ3n) is 2.28. The highest BCUT2D eigenvalue weighted by Crippen LogP contribution is 2.21. The molecule has 1 amide bonds. The van der Waals surface area contributed by atoms with Crippen LogP contribution < -0.4 is 5.32 Å². The number of hydrogen-bond donors (Lipinski definition) is 2. The van der Waals surface area contributed by atoms with Gasteiger partial charge in [-0.15, -0.1) is 0 Å². The molecular weight excluding hydrogens is 238 g/mol. The lowest BCUT2D eigenvalue weighted by molar-refractivity contribution is -0.385. The summed E-state index contributed by atoms with van der Waals surface area (Å²) in [6.07, 6.45) is 1.22. The van der Waals surface area contributed by atoms with Crippen LogP contribution in [-0.2, 0) is 0 Å². The molecule has 0 fully saturated rings. The number of carbonyl (C=O) groups excluding carboxylic acids is 1. The number of amides is 1. The van der Waals surface area contributed by atoms with Crippen molar-refractivity contribution in [2.45, 2.75) is 6.92 Å². The van der Waals surface area contributed by atoms with Gasteiger partial charge in [0.05, 0.1) is 4.92 Å². The first-order chi connectivity index (χ1) is 8.58. The third-order valence-corrected chi connectivity index (χ3v) is 2.28. The minimum absolute atomic E-state index is 0.00710. The minimum atomic E-state index is -0.475. The molecule has 8 nitrogen and oxygen atoms in total. The topological polar surface area (TPSA) is 114 Å². The molecule has 1 aromatic heterocycles. The highest BCUT2D eigenvalue weighted by atomic mass is 16.6. The van der Waals surface area contributed by atoms with Crippen molar-refractivity contribution in [2.75, 3.05) is 5.32 Å². The van der Waals surface area contributed by atoms with E-state index in [9.17, 15) is 14.9 Å². The van der Waals surface area contributed by atoms with Crippen molar-refractivity contribution in [2.24, 2.45) is 0 Å². The maximum absolute atomic E-state index is 11.6. The molecule has 2 N–H and O–H groups in total. The molecule has 92 valence electrons. The predicted molar refractivity (Wildman–Crippen MR) is 62.2 cm³/mol. The molecule has 8 heteroatoms. The molecule has 1 aromatic carbocycles. The van der Waals surface area contributed by atoms with Crippen LogP contribution in [0, 0.1) is 17.0 Å². The molecule has 0 aliphatic rings. The Morgan fingerprint density at radius 3 is 2.83 bits per heavy atom. The van der Waals surface area contributed by atoms with Crippen molar-refractivity contribution < 1.29 is 9.72 Å². The van der Waals surface area contributed by atoms with Crippen LogP contribution in [0.15, 0.2) is 24.5 Å². The maximum Gasteiger partial charge on any atom is 0.292 e. The summed E-state index contributed by atoms with van der Waals surface area (Å²) in [5, 5.41) is 19.2.